The molecule has 0 aliphatic carbocycles. The highest BCUT2D eigenvalue weighted by atomic mass is 16.3. The highest BCUT2D eigenvalue weighted by Crippen LogP contribution is 2.19. The summed E-state index contributed by atoms with van der Waals surface area (Å²) in [6, 6.07) is 7.94. The zero-order valence-electron chi connectivity index (χ0n) is 11.9. The van der Waals surface area contributed by atoms with Crippen molar-refractivity contribution in [2.75, 3.05) is 6.54 Å². The molecule has 0 bridgehead atoms. The Kier molecular flexibility index (Phi) is 6.81. The quantitative estimate of drug-likeness (QED) is 0.675. The number of unbranched alkanes of at least 4 members (excludes halogenated alkanes) is 1. The first kappa shape index (κ1) is 15.0. The molecule has 0 saturated heterocycles. The van der Waals surface area contributed by atoms with E-state index in [-0.39, 0.29) is 0 Å². The molecule has 2 nitrogen and oxygen atoms in total. The molecule has 1 atom stereocenters. The van der Waals surface area contributed by atoms with E-state index in [1.165, 1.54) is 24.8 Å². The van der Waals surface area contributed by atoms with Gasteiger partial charge in [-0.05, 0) is 43.0 Å². The van der Waals surface area contributed by atoms with Gasteiger partial charge in [-0.25, -0.2) is 0 Å². The first-order chi connectivity index (χ1) is 8.63. The zero-order chi connectivity index (χ0) is 13.4. The molecular formula is C16H27NO. The monoisotopic (exact) mass is 249 g/mol. The maximum atomic E-state index is 9.29. The Labute approximate surface area is 111 Å². The van der Waals surface area contributed by atoms with Crippen LogP contribution in [-0.4, -0.2) is 11.7 Å². The third-order valence-corrected chi connectivity index (χ3v) is 3.30. The number of aromatic hydroxyl groups is 1. The summed E-state index contributed by atoms with van der Waals surface area (Å²) in [6.45, 7) is 7.82. The molecule has 0 aromatic heterocycles. The molecule has 0 spiro atoms. The smallest absolute Gasteiger partial charge is 0.115 e. The lowest BCUT2D eigenvalue weighted by atomic mass is 10.0. The molecule has 1 aromatic carbocycles. The number of hydrogen-bond acceptors (Lipinski definition) is 2. The van der Waals surface area contributed by atoms with Crippen LogP contribution in [0.15, 0.2) is 24.3 Å². The van der Waals surface area contributed by atoms with Crippen molar-refractivity contribution in [1.82, 2.24) is 5.32 Å². The summed E-state index contributed by atoms with van der Waals surface area (Å²) in [5.74, 6) is 1.15. The van der Waals surface area contributed by atoms with Crippen molar-refractivity contribution in [3.63, 3.8) is 0 Å². The molecule has 2 heteroatoms. The van der Waals surface area contributed by atoms with Crippen LogP contribution in [0.3, 0.4) is 0 Å². The van der Waals surface area contributed by atoms with Gasteiger partial charge >= 0.3 is 0 Å². The largest absolute Gasteiger partial charge is 0.508 e. The van der Waals surface area contributed by atoms with Crippen molar-refractivity contribution in [1.29, 1.82) is 0 Å². The molecule has 2 N–H and O–H groups in total. The molecule has 0 heterocycles. The number of nitrogens with one attached hydrogen (secondary N) is 1. The van der Waals surface area contributed by atoms with Gasteiger partial charge in [0, 0.05) is 6.04 Å². The normalized spacial score (nSPS) is 12.9. The van der Waals surface area contributed by atoms with Gasteiger partial charge in [0.25, 0.3) is 0 Å². The lowest BCUT2D eigenvalue weighted by Gasteiger charge is -2.17. The summed E-state index contributed by atoms with van der Waals surface area (Å²) in [5.41, 5.74) is 1.26. The third-order valence-electron chi connectivity index (χ3n) is 3.30. The molecule has 1 unspecified atom stereocenters. The lowest BCUT2D eigenvalue weighted by Crippen LogP contribution is -2.21. The number of hydrogen-bond donors (Lipinski definition) is 2. The van der Waals surface area contributed by atoms with Crippen LogP contribution >= 0.6 is 0 Å². The summed E-state index contributed by atoms with van der Waals surface area (Å²) in [7, 11) is 0. The predicted octanol–water partition coefficient (Wildman–Crippen LogP) is 4.26. The van der Waals surface area contributed by atoms with E-state index in [0.717, 1.165) is 18.9 Å². The van der Waals surface area contributed by atoms with E-state index in [2.05, 4.69) is 26.1 Å². The summed E-state index contributed by atoms with van der Waals surface area (Å²) < 4.78 is 0. The summed E-state index contributed by atoms with van der Waals surface area (Å²) >= 11 is 0. The van der Waals surface area contributed by atoms with Crippen molar-refractivity contribution in [2.45, 2.75) is 52.5 Å². The van der Waals surface area contributed by atoms with Crippen LogP contribution in [0.2, 0.25) is 0 Å². The molecule has 18 heavy (non-hydrogen) atoms. The zero-order valence-corrected chi connectivity index (χ0v) is 11.9. The van der Waals surface area contributed by atoms with Crippen LogP contribution in [0, 0.1) is 5.92 Å². The predicted molar refractivity (Wildman–Crippen MR) is 77.8 cm³/mol. The maximum Gasteiger partial charge on any atom is 0.115 e. The fourth-order valence-corrected chi connectivity index (χ4v) is 2.16. The van der Waals surface area contributed by atoms with Crippen molar-refractivity contribution in [2.24, 2.45) is 5.92 Å². The standard InChI is InChI=1S/C16H27NO/c1-4-16(14-8-10-15(18)11-9-14)17-12-6-5-7-13(2)3/h8-11,13,16-18H,4-7,12H2,1-3H3. The van der Waals surface area contributed by atoms with Crippen LogP contribution in [-0.2, 0) is 0 Å². The van der Waals surface area contributed by atoms with E-state index >= 15 is 0 Å². The molecule has 1 rings (SSSR count). The summed E-state index contributed by atoms with van der Waals surface area (Å²) in [6.07, 6.45) is 4.94. The Bertz CT molecular complexity index is 318. The molecule has 102 valence electrons. The average Bonchev–Trinajstić information content (AvgIpc) is 2.35. The first-order valence-corrected chi connectivity index (χ1v) is 7.15. The van der Waals surface area contributed by atoms with Crippen LogP contribution in [0.4, 0.5) is 0 Å². The Morgan fingerprint density at radius 3 is 2.33 bits per heavy atom. The van der Waals surface area contributed by atoms with E-state index in [1.54, 1.807) is 12.1 Å². The van der Waals surface area contributed by atoms with Gasteiger partial charge in [0.15, 0.2) is 0 Å². The Hall–Kier alpha value is -1.02. The number of phenols is 1. The van der Waals surface area contributed by atoms with Crippen molar-refractivity contribution in [3.05, 3.63) is 29.8 Å². The van der Waals surface area contributed by atoms with Gasteiger partial charge in [-0.2, -0.15) is 0 Å². The van der Waals surface area contributed by atoms with E-state index in [1.807, 2.05) is 12.1 Å². The van der Waals surface area contributed by atoms with E-state index in [9.17, 15) is 5.11 Å². The van der Waals surface area contributed by atoms with Gasteiger partial charge in [-0.3, -0.25) is 0 Å². The summed E-state index contributed by atoms with van der Waals surface area (Å²) in [5, 5.41) is 12.9. The van der Waals surface area contributed by atoms with Crippen molar-refractivity contribution >= 4 is 0 Å². The molecule has 0 aliphatic rings. The fraction of sp³-hybridized carbons (Fsp3) is 0.625. The molecule has 0 fully saturated rings. The second-order valence-corrected chi connectivity index (χ2v) is 5.40. The minimum atomic E-state index is 0.338. The highest BCUT2D eigenvalue weighted by molar-refractivity contribution is 5.27. The molecule has 0 saturated carbocycles. The van der Waals surface area contributed by atoms with Crippen molar-refractivity contribution < 1.29 is 5.11 Å². The fourth-order valence-electron chi connectivity index (χ4n) is 2.16. The number of rotatable bonds is 8. The van der Waals surface area contributed by atoms with Gasteiger partial charge in [0.1, 0.15) is 5.75 Å². The van der Waals surface area contributed by atoms with Crippen LogP contribution < -0.4 is 5.32 Å². The van der Waals surface area contributed by atoms with Crippen LogP contribution in [0.25, 0.3) is 0 Å². The van der Waals surface area contributed by atoms with E-state index in [0.29, 0.717) is 11.8 Å². The highest BCUT2D eigenvalue weighted by Gasteiger charge is 2.07. The second-order valence-electron chi connectivity index (χ2n) is 5.40. The molecule has 0 radical (unpaired) electrons. The minimum Gasteiger partial charge on any atom is -0.508 e. The maximum absolute atomic E-state index is 9.29. The van der Waals surface area contributed by atoms with Gasteiger partial charge in [0.2, 0.25) is 0 Å². The third kappa shape index (κ3) is 5.54. The lowest BCUT2D eigenvalue weighted by molar-refractivity contribution is 0.468. The second kappa shape index (κ2) is 8.15. The first-order valence-electron chi connectivity index (χ1n) is 7.15. The minimum absolute atomic E-state index is 0.338. The Balaban J connectivity index is 2.31. The Morgan fingerprint density at radius 1 is 1.11 bits per heavy atom. The van der Waals surface area contributed by atoms with Crippen molar-refractivity contribution in [3.8, 4) is 5.75 Å². The van der Waals surface area contributed by atoms with Gasteiger partial charge < -0.3 is 10.4 Å². The molecule has 0 amide bonds. The number of benzene rings is 1. The topological polar surface area (TPSA) is 32.3 Å². The SMILES string of the molecule is CCC(NCCCCC(C)C)c1ccc(O)cc1. The number of phenolic OH excluding ortho intramolecular Hbond substituents is 1. The molecular weight excluding hydrogens is 222 g/mol. The van der Waals surface area contributed by atoms with Crippen LogP contribution in [0.5, 0.6) is 5.75 Å². The van der Waals surface area contributed by atoms with Gasteiger partial charge in [-0.15, -0.1) is 0 Å². The summed E-state index contributed by atoms with van der Waals surface area (Å²) in [4.78, 5) is 0. The van der Waals surface area contributed by atoms with Crippen LogP contribution in [0.1, 0.15) is 58.1 Å². The molecule has 1 aromatic rings. The van der Waals surface area contributed by atoms with E-state index in [4.69, 9.17) is 0 Å². The average molecular weight is 249 g/mol. The molecule has 0 aliphatic heterocycles. The van der Waals surface area contributed by atoms with Gasteiger partial charge in [-0.1, -0.05) is 45.7 Å². The Morgan fingerprint density at radius 2 is 1.78 bits per heavy atom. The van der Waals surface area contributed by atoms with E-state index < -0.39 is 0 Å². The van der Waals surface area contributed by atoms with Gasteiger partial charge in [0.05, 0.1) is 0 Å².